The van der Waals surface area contributed by atoms with Crippen LogP contribution in [0.1, 0.15) is 34.2 Å². The summed E-state index contributed by atoms with van der Waals surface area (Å²) in [6, 6.07) is 7.96. The SMILES string of the molecule is C=CC1=C(C=C)c2c(c(C(=O)OCC)nn2-c2ccccc2C)CS1. The van der Waals surface area contributed by atoms with E-state index in [4.69, 9.17) is 4.74 Å². The lowest BCUT2D eigenvalue weighted by molar-refractivity contribution is 0.0518. The van der Waals surface area contributed by atoms with Gasteiger partial charge in [0.05, 0.1) is 18.0 Å². The summed E-state index contributed by atoms with van der Waals surface area (Å²) in [6.07, 6.45) is 3.62. The van der Waals surface area contributed by atoms with Crippen LogP contribution in [0.3, 0.4) is 0 Å². The van der Waals surface area contributed by atoms with Crippen molar-refractivity contribution >= 4 is 23.3 Å². The van der Waals surface area contributed by atoms with Crippen molar-refractivity contribution in [3.8, 4) is 5.69 Å². The summed E-state index contributed by atoms with van der Waals surface area (Å²) in [6.45, 7) is 12.0. The third kappa shape index (κ3) is 2.96. The Morgan fingerprint density at radius 2 is 2.12 bits per heavy atom. The van der Waals surface area contributed by atoms with Crippen LogP contribution in [0, 0.1) is 6.92 Å². The van der Waals surface area contributed by atoms with Crippen molar-refractivity contribution in [1.29, 1.82) is 0 Å². The van der Waals surface area contributed by atoms with Crippen molar-refractivity contribution in [2.45, 2.75) is 19.6 Å². The summed E-state index contributed by atoms with van der Waals surface area (Å²) in [4.78, 5) is 13.5. The van der Waals surface area contributed by atoms with Crippen LogP contribution in [0.25, 0.3) is 11.3 Å². The maximum Gasteiger partial charge on any atom is 0.359 e. The summed E-state index contributed by atoms with van der Waals surface area (Å²) < 4.78 is 7.04. The lowest BCUT2D eigenvalue weighted by atomic mass is 10.0. The highest BCUT2D eigenvalue weighted by Crippen LogP contribution is 2.41. The first-order chi connectivity index (χ1) is 12.1. The Morgan fingerprint density at radius 3 is 2.76 bits per heavy atom. The minimum atomic E-state index is -0.392. The van der Waals surface area contributed by atoms with Crippen LogP contribution >= 0.6 is 11.8 Å². The number of thioether (sulfide) groups is 1. The average molecular weight is 352 g/mol. The molecule has 0 saturated carbocycles. The number of nitrogens with zero attached hydrogens (tertiary/aromatic N) is 2. The van der Waals surface area contributed by atoms with Gasteiger partial charge in [0, 0.05) is 21.8 Å². The Bertz CT molecular complexity index is 893. The van der Waals surface area contributed by atoms with Crippen LogP contribution in [0.5, 0.6) is 0 Å². The van der Waals surface area contributed by atoms with Crippen LogP contribution in [0.2, 0.25) is 0 Å². The number of hydrogen-bond acceptors (Lipinski definition) is 4. The monoisotopic (exact) mass is 352 g/mol. The van der Waals surface area contributed by atoms with E-state index in [2.05, 4.69) is 18.3 Å². The number of carbonyl (C=O) groups excluding carboxylic acids is 1. The van der Waals surface area contributed by atoms with Gasteiger partial charge in [-0.25, -0.2) is 9.48 Å². The fraction of sp³-hybridized carbons (Fsp3) is 0.200. The first-order valence-electron chi connectivity index (χ1n) is 8.09. The zero-order chi connectivity index (χ0) is 18.0. The number of ether oxygens (including phenoxy) is 1. The van der Waals surface area contributed by atoms with E-state index < -0.39 is 5.97 Å². The molecular formula is C20H20N2O2S. The van der Waals surface area contributed by atoms with E-state index in [0.29, 0.717) is 18.1 Å². The molecule has 1 aromatic heterocycles. The zero-order valence-corrected chi connectivity index (χ0v) is 15.2. The molecule has 0 spiro atoms. The Morgan fingerprint density at radius 1 is 1.36 bits per heavy atom. The third-order valence-corrected chi connectivity index (χ3v) is 5.21. The molecule has 4 nitrogen and oxygen atoms in total. The molecule has 0 amide bonds. The lowest BCUT2D eigenvalue weighted by Crippen LogP contribution is -2.09. The van der Waals surface area contributed by atoms with Crippen molar-refractivity contribution in [3.05, 3.63) is 77.0 Å². The second-order valence-corrected chi connectivity index (χ2v) is 6.59. The summed E-state index contributed by atoms with van der Waals surface area (Å²) >= 11 is 1.63. The van der Waals surface area contributed by atoms with Crippen molar-refractivity contribution in [2.24, 2.45) is 0 Å². The van der Waals surface area contributed by atoms with Crippen LogP contribution in [-0.2, 0) is 10.5 Å². The van der Waals surface area contributed by atoms with Crippen molar-refractivity contribution in [1.82, 2.24) is 9.78 Å². The number of allylic oxidation sites excluding steroid dienone is 3. The molecule has 3 rings (SSSR count). The van der Waals surface area contributed by atoms with Gasteiger partial charge >= 0.3 is 5.97 Å². The number of para-hydroxylation sites is 1. The van der Waals surface area contributed by atoms with Crippen molar-refractivity contribution < 1.29 is 9.53 Å². The van der Waals surface area contributed by atoms with Crippen LogP contribution in [0.15, 0.2) is 54.5 Å². The minimum absolute atomic E-state index is 0.319. The molecule has 128 valence electrons. The molecule has 0 aliphatic carbocycles. The highest BCUT2D eigenvalue weighted by molar-refractivity contribution is 8.02. The summed E-state index contributed by atoms with van der Waals surface area (Å²) in [7, 11) is 0. The number of aryl methyl sites for hydroxylation is 1. The van der Waals surface area contributed by atoms with Gasteiger partial charge in [0.2, 0.25) is 0 Å². The highest BCUT2D eigenvalue weighted by Gasteiger charge is 2.30. The lowest BCUT2D eigenvalue weighted by Gasteiger charge is -2.19. The minimum Gasteiger partial charge on any atom is -0.461 e. The molecule has 1 aromatic carbocycles. The molecule has 0 atom stereocenters. The molecule has 2 heterocycles. The number of esters is 1. The van der Waals surface area contributed by atoms with E-state index >= 15 is 0 Å². The van der Waals surface area contributed by atoms with Crippen LogP contribution in [0.4, 0.5) is 0 Å². The number of rotatable bonds is 5. The number of benzene rings is 1. The van der Waals surface area contributed by atoms with E-state index in [-0.39, 0.29) is 0 Å². The molecule has 0 saturated heterocycles. The molecule has 25 heavy (non-hydrogen) atoms. The second kappa shape index (κ2) is 7.15. The van der Waals surface area contributed by atoms with Gasteiger partial charge in [0.25, 0.3) is 0 Å². The standard InChI is InChI=1S/C20H20N2O2S/c1-5-14-17(6-2)25-12-15-18(20(23)24-7-3)21-22(19(14)15)16-11-9-8-10-13(16)4/h5-6,8-11H,1-2,7,12H2,3-4H3. The molecular weight excluding hydrogens is 332 g/mol. The van der Waals surface area contributed by atoms with Gasteiger partial charge in [-0.3, -0.25) is 0 Å². The predicted octanol–water partition coefficient (Wildman–Crippen LogP) is 4.69. The van der Waals surface area contributed by atoms with E-state index in [1.807, 2.05) is 41.9 Å². The Kier molecular flexibility index (Phi) is 4.95. The molecule has 1 aliphatic heterocycles. The highest BCUT2D eigenvalue weighted by atomic mass is 32.2. The molecule has 1 aliphatic rings. The van der Waals surface area contributed by atoms with E-state index in [1.54, 1.807) is 24.8 Å². The fourth-order valence-corrected chi connectivity index (χ4v) is 3.94. The number of aromatic nitrogens is 2. The Hall–Kier alpha value is -2.53. The first-order valence-corrected chi connectivity index (χ1v) is 9.08. The van der Waals surface area contributed by atoms with E-state index in [0.717, 1.165) is 33.0 Å². The third-order valence-electron chi connectivity index (χ3n) is 4.08. The molecule has 0 radical (unpaired) electrons. The largest absolute Gasteiger partial charge is 0.461 e. The molecule has 5 heteroatoms. The van der Waals surface area contributed by atoms with E-state index in [1.165, 1.54) is 0 Å². The second-order valence-electron chi connectivity index (χ2n) is 5.57. The van der Waals surface area contributed by atoms with Gasteiger partial charge in [-0.1, -0.05) is 43.5 Å². The van der Waals surface area contributed by atoms with Gasteiger partial charge in [-0.15, -0.1) is 11.8 Å². The fourth-order valence-electron chi connectivity index (χ4n) is 2.91. The molecule has 2 aromatic rings. The van der Waals surface area contributed by atoms with Gasteiger partial charge in [0.15, 0.2) is 5.69 Å². The molecule has 0 fully saturated rings. The number of hydrogen-bond donors (Lipinski definition) is 0. The maximum atomic E-state index is 12.4. The summed E-state index contributed by atoms with van der Waals surface area (Å²) in [5.41, 5.74) is 5.09. The Labute approximate surface area is 151 Å². The predicted molar refractivity (Wildman–Crippen MR) is 103 cm³/mol. The number of carbonyl (C=O) groups is 1. The zero-order valence-electron chi connectivity index (χ0n) is 14.4. The van der Waals surface area contributed by atoms with Crippen LogP contribution in [-0.4, -0.2) is 22.4 Å². The quantitative estimate of drug-likeness (QED) is 0.733. The first kappa shape index (κ1) is 17.3. The topological polar surface area (TPSA) is 44.1 Å². The van der Waals surface area contributed by atoms with Gasteiger partial charge < -0.3 is 4.74 Å². The average Bonchev–Trinajstić information content (AvgIpc) is 3.01. The van der Waals surface area contributed by atoms with Crippen molar-refractivity contribution in [2.75, 3.05) is 6.61 Å². The van der Waals surface area contributed by atoms with Crippen molar-refractivity contribution in [3.63, 3.8) is 0 Å². The van der Waals surface area contributed by atoms with Gasteiger partial charge in [-0.05, 0) is 25.5 Å². The van der Waals surface area contributed by atoms with E-state index in [9.17, 15) is 4.79 Å². The normalized spacial score (nSPS) is 13.4. The van der Waals surface area contributed by atoms with Gasteiger partial charge in [0.1, 0.15) is 0 Å². The number of fused-ring (bicyclic) bond motifs is 1. The Balaban J connectivity index is 2.32. The molecule has 0 bridgehead atoms. The maximum absolute atomic E-state index is 12.4. The van der Waals surface area contributed by atoms with Crippen LogP contribution < -0.4 is 0 Å². The van der Waals surface area contributed by atoms with Gasteiger partial charge in [-0.2, -0.15) is 5.10 Å². The smallest absolute Gasteiger partial charge is 0.359 e. The molecule has 0 N–H and O–H groups in total. The summed E-state index contributed by atoms with van der Waals surface area (Å²) in [5, 5.41) is 4.62. The molecule has 0 unspecified atom stereocenters. The summed E-state index contributed by atoms with van der Waals surface area (Å²) in [5.74, 6) is 0.255.